The summed E-state index contributed by atoms with van der Waals surface area (Å²) in [5, 5.41) is 7.70. The third-order valence-electron chi connectivity index (χ3n) is 5.59. The number of guanidine groups is 1. The van der Waals surface area contributed by atoms with Crippen LogP contribution in [0.5, 0.6) is 5.75 Å². The van der Waals surface area contributed by atoms with Gasteiger partial charge in [-0.2, -0.15) is 0 Å². The maximum atomic E-state index is 6.01. The van der Waals surface area contributed by atoms with E-state index in [4.69, 9.17) is 16.3 Å². The molecule has 0 aromatic heterocycles. The van der Waals surface area contributed by atoms with Crippen molar-refractivity contribution in [3.8, 4) is 5.75 Å². The zero-order valence-corrected chi connectivity index (χ0v) is 19.5. The van der Waals surface area contributed by atoms with Gasteiger partial charge >= 0.3 is 0 Å². The molecule has 2 N–H and O–H groups in total. The maximum absolute atomic E-state index is 6.01. The average Bonchev–Trinajstić information content (AvgIpc) is 2.59. The highest BCUT2D eigenvalue weighted by Gasteiger charge is 2.36. The summed E-state index contributed by atoms with van der Waals surface area (Å²) in [6.45, 7) is 2.73. The summed E-state index contributed by atoms with van der Waals surface area (Å²) in [6, 6.07) is 9.42. The van der Waals surface area contributed by atoms with Crippen molar-refractivity contribution >= 4 is 41.5 Å². The molecular weight excluding hydrogens is 475 g/mol. The first kappa shape index (κ1) is 22.6. The van der Waals surface area contributed by atoms with Gasteiger partial charge in [0.2, 0.25) is 0 Å². The highest BCUT2D eigenvalue weighted by atomic mass is 127. The van der Waals surface area contributed by atoms with Crippen LogP contribution in [0.3, 0.4) is 0 Å². The quantitative estimate of drug-likeness (QED) is 0.361. The molecule has 3 rings (SSSR count). The van der Waals surface area contributed by atoms with Gasteiger partial charge in [0.15, 0.2) is 5.96 Å². The summed E-state index contributed by atoms with van der Waals surface area (Å²) in [5.74, 6) is 1.65. The fourth-order valence-corrected chi connectivity index (χ4v) is 4.36. The van der Waals surface area contributed by atoms with Gasteiger partial charge in [0.1, 0.15) is 11.9 Å². The Morgan fingerprint density at radius 1 is 1.33 bits per heavy atom. The van der Waals surface area contributed by atoms with Crippen molar-refractivity contribution in [3.05, 3.63) is 29.3 Å². The third-order valence-corrected chi connectivity index (χ3v) is 5.83. The third kappa shape index (κ3) is 6.39. The minimum Gasteiger partial charge on any atom is -0.489 e. The zero-order valence-electron chi connectivity index (χ0n) is 16.5. The molecule has 152 valence electrons. The number of halogens is 2. The van der Waals surface area contributed by atoms with Crippen molar-refractivity contribution in [1.82, 2.24) is 15.5 Å². The van der Waals surface area contributed by atoms with Crippen molar-refractivity contribution in [2.45, 2.75) is 63.3 Å². The van der Waals surface area contributed by atoms with Crippen LogP contribution >= 0.6 is 35.6 Å². The number of ether oxygens (including phenoxy) is 1. The largest absolute Gasteiger partial charge is 0.489 e. The van der Waals surface area contributed by atoms with Gasteiger partial charge in [0.05, 0.1) is 6.54 Å². The number of aliphatic imine (C=N–C) groups is 1. The van der Waals surface area contributed by atoms with E-state index in [2.05, 4.69) is 27.6 Å². The molecule has 2 bridgehead atoms. The first-order valence-electron chi connectivity index (χ1n) is 9.66. The second-order valence-electron chi connectivity index (χ2n) is 7.56. The Balaban J connectivity index is 0.00000261. The first-order valence-corrected chi connectivity index (χ1v) is 10.0. The second kappa shape index (κ2) is 10.7. The summed E-state index contributed by atoms with van der Waals surface area (Å²) >= 11 is 6.01. The maximum Gasteiger partial charge on any atom is 0.191 e. The fraction of sp³-hybridized carbons (Fsp3) is 0.650. The Morgan fingerprint density at radius 3 is 2.67 bits per heavy atom. The predicted molar refractivity (Wildman–Crippen MR) is 124 cm³/mol. The van der Waals surface area contributed by atoms with Crippen molar-refractivity contribution in [2.75, 3.05) is 20.6 Å². The lowest BCUT2D eigenvalue weighted by Gasteiger charge is -2.47. The van der Waals surface area contributed by atoms with Crippen molar-refractivity contribution in [1.29, 1.82) is 0 Å². The van der Waals surface area contributed by atoms with E-state index in [0.717, 1.165) is 11.7 Å². The number of piperidine rings is 2. The van der Waals surface area contributed by atoms with E-state index in [-0.39, 0.29) is 30.1 Å². The van der Waals surface area contributed by atoms with E-state index in [1.54, 1.807) is 0 Å². The van der Waals surface area contributed by atoms with Crippen molar-refractivity contribution < 1.29 is 4.74 Å². The van der Waals surface area contributed by atoms with Crippen LogP contribution in [0.25, 0.3) is 0 Å². The number of rotatable bonds is 5. The Bertz CT molecular complexity index is 616. The first-order chi connectivity index (χ1) is 12.5. The molecule has 0 radical (unpaired) electrons. The molecule has 2 heterocycles. The lowest BCUT2D eigenvalue weighted by Crippen LogP contribution is -2.57. The van der Waals surface area contributed by atoms with Crippen molar-refractivity contribution in [2.24, 2.45) is 4.99 Å². The van der Waals surface area contributed by atoms with Crippen LogP contribution in [-0.2, 0) is 0 Å². The molecule has 3 unspecified atom stereocenters. The number of nitrogens with zero attached hydrogens (tertiary/aromatic N) is 2. The SMILES string of the molecule is CN=C(NCC(C)Oc1cccc(Cl)c1)NC1CC2CCCC(C1)N2C.I. The molecule has 2 aliphatic heterocycles. The second-order valence-corrected chi connectivity index (χ2v) is 7.99. The van der Waals surface area contributed by atoms with Gasteiger partial charge in [0.25, 0.3) is 0 Å². The summed E-state index contributed by atoms with van der Waals surface area (Å²) in [5.41, 5.74) is 0. The van der Waals surface area contributed by atoms with Crippen molar-refractivity contribution in [3.63, 3.8) is 0 Å². The summed E-state index contributed by atoms with van der Waals surface area (Å²) < 4.78 is 5.92. The molecule has 1 aromatic rings. The van der Waals surface area contributed by atoms with E-state index >= 15 is 0 Å². The molecule has 2 saturated heterocycles. The van der Waals surface area contributed by atoms with Crippen LogP contribution in [0.4, 0.5) is 0 Å². The summed E-state index contributed by atoms with van der Waals surface area (Å²) in [4.78, 5) is 6.97. The monoisotopic (exact) mass is 506 g/mol. The van der Waals surface area contributed by atoms with E-state index < -0.39 is 0 Å². The molecule has 5 nitrogen and oxygen atoms in total. The lowest BCUT2D eigenvalue weighted by molar-refractivity contribution is 0.0526. The number of nitrogens with one attached hydrogen (secondary N) is 2. The smallest absolute Gasteiger partial charge is 0.191 e. The number of hydrogen-bond donors (Lipinski definition) is 2. The van der Waals surface area contributed by atoms with Gasteiger partial charge in [-0.15, -0.1) is 24.0 Å². The summed E-state index contributed by atoms with van der Waals surface area (Å²) in [6.07, 6.45) is 6.43. The van der Waals surface area contributed by atoms with E-state index in [9.17, 15) is 0 Å². The molecule has 0 amide bonds. The average molecular weight is 507 g/mol. The molecule has 7 heteroatoms. The predicted octanol–water partition coefficient (Wildman–Crippen LogP) is 3.91. The van der Waals surface area contributed by atoms with Crippen LogP contribution in [-0.4, -0.2) is 55.7 Å². The minimum absolute atomic E-state index is 0. The molecule has 0 saturated carbocycles. The van der Waals surface area contributed by atoms with Crippen LogP contribution in [0.2, 0.25) is 5.02 Å². The molecule has 2 aliphatic rings. The van der Waals surface area contributed by atoms with Crippen LogP contribution in [0.15, 0.2) is 29.3 Å². The van der Waals surface area contributed by atoms with Gasteiger partial charge in [-0.1, -0.05) is 24.1 Å². The molecule has 1 aromatic carbocycles. The molecule has 27 heavy (non-hydrogen) atoms. The minimum atomic E-state index is 0. The van der Waals surface area contributed by atoms with Crippen LogP contribution < -0.4 is 15.4 Å². The van der Waals surface area contributed by atoms with Gasteiger partial charge < -0.3 is 20.3 Å². The van der Waals surface area contributed by atoms with Gasteiger partial charge in [-0.05, 0) is 57.9 Å². The van der Waals surface area contributed by atoms with Crippen LogP contribution in [0.1, 0.15) is 39.0 Å². The molecule has 2 fully saturated rings. The summed E-state index contributed by atoms with van der Waals surface area (Å²) in [7, 11) is 4.11. The normalized spacial score (nSPS) is 26.7. The molecule has 0 spiro atoms. The molecular formula is C20H32ClIN4O. The standard InChI is InChI=1S/C20H31ClN4O.HI/c1-14(26-19-9-4-6-15(21)10-19)13-23-20(22-2)24-16-11-17-7-5-8-18(12-16)25(17)3;/h4,6,9-10,14,16-18H,5,7-8,11-13H2,1-3H3,(H2,22,23,24);1H. The number of hydrogen-bond acceptors (Lipinski definition) is 3. The number of fused-ring (bicyclic) bond motifs is 2. The van der Waals surface area contributed by atoms with Crippen LogP contribution in [0, 0.1) is 0 Å². The fourth-order valence-electron chi connectivity index (χ4n) is 4.18. The van der Waals surface area contributed by atoms with Gasteiger partial charge in [0, 0.05) is 30.2 Å². The van der Waals surface area contributed by atoms with E-state index in [1.807, 2.05) is 38.2 Å². The molecule has 0 aliphatic carbocycles. The van der Waals surface area contributed by atoms with Gasteiger partial charge in [-0.25, -0.2) is 0 Å². The Kier molecular flexibility index (Phi) is 8.95. The Labute approximate surface area is 185 Å². The van der Waals surface area contributed by atoms with Gasteiger partial charge in [-0.3, -0.25) is 4.99 Å². The Hall–Kier alpha value is -0.730. The molecule has 3 atom stereocenters. The Morgan fingerprint density at radius 2 is 2.04 bits per heavy atom. The van der Waals surface area contributed by atoms with E-state index in [1.165, 1.54) is 32.1 Å². The lowest BCUT2D eigenvalue weighted by atomic mass is 9.82. The highest BCUT2D eigenvalue weighted by molar-refractivity contribution is 14.0. The topological polar surface area (TPSA) is 48.9 Å². The number of benzene rings is 1. The van der Waals surface area contributed by atoms with E-state index in [0.29, 0.717) is 29.7 Å². The zero-order chi connectivity index (χ0) is 18.5. The highest BCUT2D eigenvalue weighted by Crippen LogP contribution is 2.32.